The topological polar surface area (TPSA) is 72.9 Å². The lowest BCUT2D eigenvalue weighted by atomic mass is 10.2. The normalized spacial score (nSPS) is 15.2. The van der Waals surface area contributed by atoms with Crippen molar-refractivity contribution in [3.05, 3.63) is 48.3 Å². The van der Waals surface area contributed by atoms with Gasteiger partial charge in [-0.25, -0.2) is 4.68 Å². The lowest BCUT2D eigenvalue weighted by Crippen LogP contribution is -2.42. The van der Waals surface area contributed by atoms with Crippen LogP contribution in [0, 0.1) is 0 Å². The summed E-state index contributed by atoms with van der Waals surface area (Å²) in [7, 11) is 0. The Balaban J connectivity index is 0.00000147. The van der Waals surface area contributed by atoms with Crippen molar-refractivity contribution in [3.8, 4) is 5.69 Å². The van der Waals surface area contributed by atoms with Crippen LogP contribution >= 0.6 is 12.4 Å². The molecule has 1 saturated carbocycles. The molecule has 1 fully saturated rings. The van der Waals surface area contributed by atoms with Gasteiger partial charge in [-0.05, 0) is 25.0 Å². The second-order valence-corrected chi connectivity index (χ2v) is 4.97. The Morgan fingerprint density at radius 1 is 1.35 bits per heavy atom. The molecule has 6 heteroatoms. The quantitative estimate of drug-likeness (QED) is 0.895. The van der Waals surface area contributed by atoms with Gasteiger partial charge in [0.15, 0.2) is 0 Å². The third kappa shape index (κ3) is 3.00. The Morgan fingerprint density at radius 2 is 2.05 bits per heavy atom. The maximum atomic E-state index is 11.7. The van der Waals surface area contributed by atoms with Crippen molar-refractivity contribution >= 4 is 18.3 Å². The SMILES string of the molecule is Cl.NC1(C(=O)NCc2cnn(-c3ccccc3)c2)CC1. The second-order valence-electron chi connectivity index (χ2n) is 4.97. The smallest absolute Gasteiger partial charge is 0.240 e. The Bertz CT molecular complexity index is 592. The molecule has 1 aromatic carbocycles. The predicted octanol–water partition coefficient (Wildman–Crippen LogP) is 1.40. The Kier molecular flexibility index (Phi) is 4.11. The van der Waals surface area contributed by atoms with Crippen LogP contribution in [0.2, 0.25) is 0 Å². The number of carbonyl (C=O) groups is 1. The highest BCUT2D eigenvalue weighted by molar-refractivity contribution is 5.88. The van der Waals surface area contributed by atoms with Crippen LogP contribution in [0.4, 0.5) is 0 Å². The molecule has 1 heterocycles. The molecule has 3 N–H and O–H groups in total. The molecule has 0 spiro atoms. The van der Waals surface area contributed by atoms with E-state index in [1.54, 1.807) is 10.9 Å². The molecule has 1 aromatic heterocycles. The molecule has 0 radical (unpaired) electrons. The molecule has 106 valence electrons. The van der Waals surface area contributed by atoms with Gasteiger partial charge in [0.1, 0.15) is 0 Å². The van der Waals surface area contributed by atoms with Gasteiger partial charge in [-0.3, -0.25) is 4.79 Å². The molecule has 1 aliphatic rings. The van der Waals surface area contributed by atoms with Crippen molar-refractivity contribution in [1.82, 2.24) is 15.1 Å². The summed E-state index contributed by atoms with van der Waals surface area (Å²) < 4.78 is 1.79. The average molecular weight is 293 g/mol. The summed E-state index contributed by atoms with van der Waals surface area (Å²) in [5.74, 6) is -0.0695. The highest BCUT2D eigenvalue weighted by atomic mass is 35.5. The number of nitrogens with two attached hydrogens (primary N) is 1. The zero-order chi connectivity index (χ0) is 13.3. The molecule has 20 heavy (non-hydrogen) atoms. The molecule has 0 unspecified atom stereocenters. The van der Waals surface area contributed by atoms with E-state index in [4.69, 9.17) is 5.73 Å². The molecular weight excluding hydrogens is 276 g/mol. The van der Waals surface area contributed by atoms with Crippen LogP contribution in [0.15, 0.2) is 42.7 Å². The summed E-state index contributed by atoms with van der Waals surface area (Å²) in [6.07, 6.45) is 5.22. The molecule has 0 aliphatic heterocycles. The monoisotopic (exact) mass is 292 g/mol. The first kappa shape index (κ1) is 14.6. The van der Waals surface area contributed by atoms with Crippen LogP contribution in [0.1, 0.15) is 18.4 Å². The first-order chi connectivity index (χ1) is 9.17. The van der Waals surface area contributed by atoms with Crippen LogP contribution in [0.3, 0.4) is 0 Å². The summed E-state index contributed by atoms with van der Waals surface area (Å²) in [5, 5.41) is 7.13. The van der Waals surface area contributed by atoms with E-state index in [0.717, 1.165) is 24.1 Å². The molecule has 1 amide bonds. The highest BCUT2D eigenvalue weighted by Crippen LogP contribution is 2.32. The zero-order valence-electron chi connectivity index (χ0n) is 11.0. The summed E-state index contributed by atoms with van der Waals surface area (Å²) in [4.78, 5) is 11.7. The maximum Gasteiger partial charge on any atom is 0.240 e. The largest absolute Gasteiger partial charge is 0.350 e. The number of rotatable bonds is 4. The van der Waals surface area contributed by atoms with Crippen molar-refractivity contribution in [2.45, 2.75) is 24.9 Å². The van der Waals surface area contributed by atoms with Gasteiger partial charge in [0.25, 0.3) is 0 Å². The summed E-state index contributed by atoms with van der Waals surface area (Å²) in [6, 6.07) is 9.85. The summed E-state index contributed by atoms with van der Waals surface area (Å²) in [5.41, 5.74) is 7.16. The van der Waals surface area contributed by atoms with Crippen molar-refractivity contribution in [2.24, 2.45) is 5.73 Å². The number of para-hydroxylation sites is 1. The number of amides is 1. The molecule has 2 aromatic rings. The fourth-order valence-electron chi connectivity index (χ4n) is 1.89. The number of hydrogen-bond acceptors (Lipinski definition) is 3. The lowest BCUT2D eigenvalue weighted by molar-refractivity contribution is -0.123. The van der Waals surface area contributed by atoms with Crippen LogP contribution in [0.25, 0.3) is 5.69 Å². The number of benzene rings is 1. The van der Waals surface area contributed by atoms with Gasteiger partial charge < -0.3 is 11.1 Å². The lowest BCUT2D eigenvalue weighted by Gasteiger charge is -2.08. The van der Waals surface area contributed by atoms with Crippen molar-refractivity contribution in [2.75, 3.05) is 0 Å². The van der Waals surface area contributed by atoms with Gasteiger partial charge in [-0.2, -0.15) is 5.10 Å². The molecule has 1 aliphatic carbocycles. The van der Waals surface area contributed by atoms with Gasteiger partial charge in [0.05, 0.1) is 17.4 Å². The standard InChI is InChI=1S/C14H16N4O.ClH/c15-14(6-7-14)13(19)16-8-11-9-17-18(10-11)12-4-2-1-3-5-12;/h1-5,9-10H,6-8,15H2,(H,16,19);1H. The van der Waals surface area contributed by atoms with E-state index in [1.807, 2.05) is 36.5 Å². The molecule has 0 atom stereocenters. The fourth-order valence-corrected chi connectivity index (χ4v) is 1.89. The minimum atomic E-state index is -0.616. The van der Waals surface area contributed by atoms with E-state index in [1.165, 1.54) is 0 Å². The van der Waals surface area contributed by atoms with E-state index >= 15 is 0 Å². The molecule has 5 nitrogen and oxygen atoms in total. The molecular formula is C14H17ClN4O. The summed E-state index contributed by atoms with van der Waals surface area (Å²) in [6.45, 7) is 0.463. The van der Waals surface area contributed by atoms with Crippen molar-refractivity contribution in [1.29, 1.82) is 0 Å². The van der Waals surface area contributed by atoms with E-state index in [-0.39, 0.29) is 18.3 Å². The van der Waals surface area contributed by atoms with Gasteiger partial charge in [-0.15, -0.1) is 12.4 Å². The highest BCUT2D eigenvalue weighted by Gasteiger charge is 2.45. The predicted molar refractivity (Wildman–Crippen MR) is 78.8 cm³/mol. The zero-order valence-corrected chi connectivity index (χ0v) is 11.8. The van der Waals surface area contributed by atoms with Crippen molar-refractivity contribution < 1.29 is 4.79 Å². The van der Waals surface area contributed by atoms with Crippen LogP contribution in [-0.2, 0) is 11.3 Å². The second kappa shape index (κ2) is 5.64. The van der Waals surface area contributed by atoms with Gasteiger partial charge >= 0.3 is 0 Å². The third-order valence-corrected chi connectivity index (χ3v) is 3.35. The average Bonchev–Trinajstić information content (AvgIpc) is 3.03. The minimum Gasteiger partial charge on any atom is -0.350 e. The number of carbonyl (C=O) groups excluding carboxylic acids is 1. The van der Waals surface area contributed by atoms with Gasteiger partial charge in [0.2, 0.25) is 5.91 Å². The number of aromatic nitrogens is 2. The Hall–Kier alpha value is -1.85. The molecule has 3 rings (SSSR count). The first-order valence-electron chi connectivity index (χ1n) is 6.34. The number of halogens is 1. The molecule has 0 saturated heterocycles. The molecule has 0 bridgehead atoms. The van der Waals surface area contributed by atoms with E-state index < -0.39 is 5.54 Å². The summed E-state index contributed by atoms with van der Waals surface area (Å²) >= 11 is 0. The first-order valence-corrected chi connectivity index (χ1v) is 6.34. The van der Waals surface area contributed by atoms with Crippen LogP contribution < -0.4 is 11.1 Å². The van der Waals surface area contributed by atoms with E-state index in [2.05, 4.69) is 10.4 Å². The van der Waals surface area contributed by atoms with E-state index in [9.17, 15) is 4.79 Å². The fraction of sp³-hybridized carbons (Fsp3) is 0.286. The van der Waals surface area contributed by atoms with Crippen LogP contribution in [0.5, 0.6) is 0 Å². The van der Waals surface area contributed by atoms with Crippen LogP contribution in [-0.4, -0.2) is 21.2 Å². The Labute approximate surface area is 123 Å². The number of nitrogens with zero attached hydrogens (tertiary/aromatic N) is 2. The number of hydrogen-bond donors (Lipinski definition) is 2. The van der Waals surface area contributed by atoms with Gasteiger partial charge in [0, 0.05) is 18.3 Å². The van der Waals surface area contributed by atoms with Crippen molar-refractivity contribution in [3.63, 3.8) is 0 Å². The van der Waals surface area contributed by atoms with E-state index in [0.29, 0.717) is 6.54 Å². The minimum absolute atomic E-state index is 0. The maximum absolute atomic E-state index is 11.7. The Morgan fingerprint density at radius 3 is 2.70 bits per heavy atom. The third-order valence-electron chi connectivity index (χ3n) is 3.35. The number of nitrogens with one attached hydrogen (secondary N) is 1. The van der Waals surface area contributed by atoms with Gasteiger partial charge in [-0.1, -0.05) is 18.2 Å².